The topological polar surface area (TPSA) is 39.9 Å². The second-order valence-electron chi connectivity index (χ2n) is 5.59. The van der Waals surface area contributed by atoms with Crippen molar-refractivity contribution in [2.75, 3.05) is 39.3 Å². The van der Waals surface area contributed by atoms with E-state index in [1.54, 1.807) is 0 Å². The van der Waals surface area contributed by atoms with Gasteiger partial charge in [0, 0.05) is 38.3 Å². The fourth-order valence-electron chi connectivity index (χ4n) is 2.80. The Hall–Kier alpha value is -1.33. The summed E-state index contributed by atoms with van der Waals surface area (Å²) >= 11 is 6.21. The number of halogens is 1. The number of benzene rings is 1. The van der Waals surface area contributed by atoms with Crippen molar-refractivity contribution in [2.24, 2.45) is 0 Å². The van der Waals surface area contributed by atoms with E-state index in [-0.39, 0.29) is 6.61 Å². The van der Waals surface area contributed by atoms with Crippen LogP contribution in [-0.4, -0.2) is 54.2 Å². The summed E-state index contributed by atoms with van der Waals surface area (Å²) in [6.07, 6.45) is 0. The Morgan fingerprint density at radius 2 is 1.73 bits per heavy atom. The van der Waals surface area contributed by atoms with Crippen molar-refractivity contribution < 1.29 is 9.52 Å². The van der Waals surface area contributed by atoms with Crippen LogP contribution in [0.25, 0.3) is 11.3 Å². The summed E-state index contributed by atoms with van der Waals surface area (Å²) < 4.78 is 5.95. The summed E-state index contributed by atoms with van der Waals surface area (Å²) in [5.41, 5.74) is 0.934. The highest BCUT2D eigenvalue weighted by atomic mass is 35.5. The zero-order valence-electron chi connectivity index (χ0n) is 12.5. The summed E-state index contributed by atoms with van der Waals surface area (Å²) in [4.78, 5) is 4.66. The van der Waals surface area contributed by atoms with Crippen LogP contribution in [0.4, 0.5) is 0 Å². The summed E-state index contributed by atoms with van der Waals surface area (Å²) in [6, 6.07) is 11.7. The SMILES string of the molecule is OCCN1CCN(Cc2ccc(-c3ccccc3Cl)o2)CC1. The van der Waals surface area contributed by atoms with Gasteiger partial charge in [-0.25, -0.2) is 0 Å². The maximum Gasteiger partial charge on any atom is 0.135 e. The maximum absolute atomic E-state index is 8.97. The van der Waals surface area contributed by atoms with Crippen LogP contribution in [0.2, 0.25) is 5.02 Å². The second kappa shape index (κ2) is 7.29. The van der Waals surface area contributed by atoms with E-state index in [1.165, 1.54) is 0 Å². The molecule has 1 aliphatic rings. The normalized spacial score (nSPS) is 17.0. The van der Waals surface area contributed by atoms with Gasteiger partial charge in [0.25, 0.3) is 0 Å². The lowest BCUT2D eigenvalue weighted by Gasteiger charge is -2.33. The van der Waals surface area contributed by atoms with Gasteiger partial charge in [-0.2, -0.15) is 0 Å². The molecular weight excluding hydrogens is 300 g/mol. The number of rotatable bonds is 5. The molecule has 1 N–H and O–H groups in total. The Kier molecular flexibility index (Phi) is 5.16. The molecule has 1 fully saturated rings. The van der Waals surface area contributed by atoms with Crippen molar-refractivity contribution in [3.63, 3.8) is 0 Å². The first-order chi connectivity index (χ1) is 10.8. The first-order valence-corrected chi connectivity index (χ1v) is 8.03. The van der Waals surface area contributed by atoms with E-state index in [1.807, 2.05) is 36.4 Å². The Bertz CT molecular complexity index is 606. The van der Waals surface area contributed by atoms with E-state index < -0.39 is 0 Å². The van der Waals surface area contributed by atoms with Gasteiger partial charge in [-0.3, -0.25) is 9.80 Å². The van der Waals surface area contributed by atoms with Crippen molar-refractivity contribution >= 4 is 11.6 Å². The molecule has 1 aliphatic heterocycles. The number of hydrogen-bond donors (Lipinski definition) is 1. The largest absolute Gasteiger partial charge is 0.460 e. The van der Waals surface area contributed by atoms with E-state index in [9.17, 15) is 0 Å². The first-order valence-electron chi connectivity index (χ1n) is 7.65. The predicted molar refractivity (Wildman–Crippen MR) is 88.0 cm³/mol. The second-order valence-corrected chi connectivity index (χ2v) is 5.99. The highest BCUT2D eigenvalue weighted by molar-refractivity contribution is 6.33. The zero-order chi connectivity index (χ0) is 15.4. The fraction of sp³-hybridized carbons (Fsp3) is 0.412. The smallest absolute Gasteiger partial charge is 0.135 e. The molecule has 0 saturated carbocycles. The molecule has 0 aliphatic carbocycles. The van der Waals surface area contributed by atoms with Gasteiger partial charge in [0.05, 0.1) is 18.2 Å². The Balaban J connectivity index is 1.60. The highest BCUT2D eigenvalue weighted by Crippen LogP contribution is 2.29. The minimum absolute atomic E-state index is 0.235. The van der Waals surface area contributed by atoms with Crippen LogP contribution in [0.1, 0.15) is 5.76 Å². The van der Waals surface area contributed by atoms with Gasteiger partial charge < -0.3 is 9.52 Å². The van der Waals surface area contributed by atoms with E-state index in [0.717, 1.165) is 56.4 Å². The standard InChI is InChI=1S/C17H21ClN2O2/c18-16-4-2-1-3-15(16)17-6-5-14(22-17)13-20-9-7-19(8-10-20)11-12-21/h1-6,21H,7-13H2. The van der Waals surface area contributed by atoms with Crippen LogP contribution in [-0.2, 0) is 6.54 Å². The number of nitrogens with zero attached hydrogens (tertiary/aromatic N) is 2. The van der Waals surface area contributed by atoms with E-state index in [2.05, 4.69) is 9.80 Å². The van der Waals surface area contributed by atoms with E-state index >= 15 is 0 Å². The third-order valence-corrected chi connectivity index (χ3v) is 4.39. The van der Waals surface area contributed by atoms with Gasteiger partial charge in [0.2, 0.25) is 0 Å². The lowest BCUT2D eigenvalue weighted by atomic mass is 10.2. The molecule has 5 heteroatoms. The molecule has 0 amide bonds. The Morgan fingerprint density at radius 3 is 2.45 bits per heavy atom. The number of piperazine rings is 1. The molecule has 22 heavy (non-hydrogen) atoms. The molecular formula is C17H21ClN2O2. The lowest BCUT2D eigenvalue weighted by Crippen LogP contribution is -2.46. The van der Waals surface area contributed by atoms with Crippen LogP contribution in [0.15, 0.2) is 40.8 Å². The third-order valence-electron chi connectivity index (χ3n) is 4.06. The minimum Gasteiger partial charge on any atom is -0.460 e. The molecule has 1 saturated heterocycles. The molecule has 0 spiro atoms. The van der Waals surface area contributed by atoms with Gasteiger partial charge in [0.1, 0.15) is 11.5 Å². The molecule has 0 radical (unpaired) electrons. The molecule has 3 rings (SSSR count). The van der Waals surface area contributed by atoms with Gasteiger partial charge in [-0.1, -0.05) is 23.7 Å². The van der Waals surface area contributed by atoms with Crippen molar-refractivity contribution in [1.82, 2.24) is 9.80 Å². The number of aliphatic hydroxyl groups excluding tert-OH is 1. The quantitative estimate of drug-likeness (QED) is 0.919. The Labute approximate surface area is 135 Å². The van der Waals surface area contributed by atoms with Crippen LogP contribution in [0.3, 0.4) is 0 Å². The molecule has 118 valence electrons. The molecule has 0 unspecified atom stereocenters. The first kappa shape index (κ1) is 15.6. The van der Waals surface area contributed by atoms with Crippen molar-refractivity contribution in [3.8, 4) is 11.3 Å². The number of β-amino-alcohol motifs (C(OH)–C–C–N with tert-alkyl or cyclic N) is 1. The number of hydrogen-bond acceptors (Lipinski definition) is 4. The fourth-order valence-corrected chi connectivity index (χ4v) is 3.03. The van der Waals surface area contributed by atoms with Gasteiger partial charge in [-0.05, 0) is 24.3 Å². The molecule has 0 bridgehead atoms. The van der Waals surface area contributed by atoms with Crippen LogP contribution >= 0.6 is 11.6 Å². The van der Waals surface area contributed by atoms with E-state index in [4.69, 9.17) is 21.1 Å². The highest BCUT2D eigenvalue weighted by Gasteiger charge is 2.18. The number of aliphatic hydroxyl groups is 1. The van der Waals surface area contributed by atoms with Gasteiger partial charge >= 0.3 is 0 Å². The van der Waals surface area contributed by atoms with Gasteiger partial charge in [0.15, 0.2) is 0 Å². The molecule has 2 aromatic rings. The van der Waals surface area contributed by atoms with E-state index in [0.29, 0.717) is 5.02 Å². The maximum atomic E-state index is 8.97. The predicted octanol–water partition coefficient (Wildman–Crippen LogP) is 2.71. The summed E-state index contributed by atoms with van der Waals surface area (Å²) in [5, 5.41) is 9.68. The van der Waals surface area contributed by atoms with Crippen molar-refractivity contribution in [3.05, 3.63) is 47.2 Å². The van der Waals surface area contributed by atoms with Crippen LogP contribution < -0.4 is 0 Å². The third kappa shape index (κ3) is 3.70. The van der Waals surface area contributed by atoms with Crippen LogP contribution in [0, 0.1) is 0 Å². The summed E-state index contributed by atoms with van der Waals surface area (Å²) in [6.45, 7) is 5.82. The monoisotopic (exact) mass is 320 g/mol. The molecule has 4 nitrogen and oxygen atoms in total. The lowest BCUT2D eigenvalue weighted by molar-refractivity contribution is 0.104. The summed E-state index contributed by atoms with van der Waals surface area (Å²) in [5.74, 6) is 1.78. The average Bonchev–Trinajstić information content (AvgIpc) is 2.98. The van der Waals surface area contributed by atoms with Crippen molar-refractivity contribution in [2.45, 2.75) is 6.54 Å². The molecule has 1 aromatic carbocycles. The van der Waals surface area contributed by atoms with Crippen LogP contribution in [0.5, 0.6) is 0 Å². The average molecular weight is 321 g/mol. The Morgan fingerprint density at radius 1 is 1.00 bits per heavy atom. The molecule has 2 heterocycles. The molecule has 0 atom stereocenters. The zero-order valence-corrected chi connectivity index (χ0v) is 13.3. The minimum atomic E-state index is 0.235. The van der Waals surface area contributed by atoms with Gasteiger partial charge in [-0.15, -0.1) is 0 Å². The molecule has 1 aromatic heterocycles. The summed E-state index contributed by atoms with van der Waals surface area (Å²) in [7, 11) is 0. The number of furan rings is 1. The van der Waals surface area contributed by atoms with Crippen molar-refractivity contribution in [1.29, 1.82) is 0 Å².